The molecule has 0 radical (unpaired) electrons. The van der Waals surface area contributed by atoms with E-state index < -0.39 is 11.9 Å². The second-order valence-electron chi connectivity index (χ2n) is 9.13. The van der Waals surface area contributed by atoms with Gasteiger partial charge in [0.05, 0.1) is 25.3 Å². The summed E-state index contributed by atoms with van der Waals surface area (Å²) in [6, 6.07) is 14.0. The molecule has 192 valence electrons. The molecule has 1 unspecified atom stereocenters. The van der Waals surface area contributed by atoms with Gasteiger partial charge in [-0.3, -0.25) is 14.7 Å². The number of hydrogen-bond donors (Lipinski definition) is 3. The van der Waals surface area contributed by atoms with E-state index in [9.17, 15) is 14.4 Å². The summed E-state index contributed by atoms with van der Waals surface area (Å²) >= 11 is 0. The first-order valence-corrected chi connectivity index (χ1v) is 12.1. The number of aromatic amines is 1. The number of ether oxygens (including phenoxy) is 1. The number of nitrogens with two attached hydrogens (primary N) is 1. The highest BCUT2D eigenvalue weighted by atomic mass is 16.5. The van der Waals surface area contributed by atoms with Gasteiger partial charge < -0.3 is 20.7 Å². The Morgan fingerprint density at radius 3 is 2.59 bits per heavy atom. The van der Waals surface area contributed by atoms with Crippen molar-refractivity contribution in [3.05, 3.63) is 65.4 Å². The van der Waals surface area contributed by atoms with E-state index in [4.69, 9.17) is 10.5 Å². The Hall–Kier alpha value is -4.38. The van der Waals surface area contributed by atoms with Crippen LogP contribution >= 0.6 is 0 Å². The molecule has 1 aromatic heterocycles. The topological polar surface area (TPSA) is 137 Å². The van der Waals surface area contributed by atoms with Crippen LogP contribution < -0.4 is 25.7 Å². The summed E-state index contributed by atoms with van der Waals surface area (Å²) in [5, 5.41) is 13.3. The Labute approximate surface area is 214 Å². The molecular formula is C26H29N7O4. The molecule has 11 heteroatoms. The molecule has 4 N–H and O–H groups in total. The van der Waals surface area contributed by atoms with Crippen LogP contribution in [0.4, 0.5) is 22.0 Å². The fourth-order valence-electron chi connectivity index (χ4n) is 4.82. The van der Waals surface area contributed by atoms with E-state index in [1.165, 1.54) is 12.1 Å². The van der Waals surface area contributed by atoms with Crippen LogP contribution in [-0.2, 0) is 22.7 Å². The number of primary amides is 1. The Kier molecular flexibility index (Phi) is 6.53. The maximum Gasteiger partial charge on any atom is 0.334 e. The fraction of sp³-hybridized carbons (Fsp3) is 0.308. The Bertz CT molecular complexity index is 1340. The van der Waals surface area contributed by atoms with Crippen molar-refractivity contribution in [2.75, 3.05) is 28.9 Å². The predicted molar refractivity (Wildman–Crippen MR) is 138 cm³/mol. The summed E-state index contributed by atoms with van der Waals surface area (Å²) in [5.74, 6) is 0.397. The van der Waals surface area contributed by atoms with E-state index in [1.807, 2.05) is 37.3 Å². The fourth-order valence-corrected chi connectivity index (χ4v) is 4.82. The first-order valence-electron chi connectivity index (χ1n) is 12.1. The molecule has 2 aliphatic rings. The van der Waals surface area contributed by atoms with Gasteiger partial charge in [-0.2, -0.15) is 5.10 Å². The highest BCUT2D eigenvalue weighted by Gasteiger charge is 2.33. The molecule has 0 aliphatic carbocycles. The van der Waals surface area contributed by atoms with Crippen LogP contribution in [0.2, 0.25) is 0 Å². The van der Waals surface area contributed by atoms with Gasteiger partial charge in [-0.25, -0.2) is 14.8 Å². The summed E-state index contributed by atoms with van der Waals surface area (Å²) in [4.78, 5) is 39.3. The molecule has 1 saturated heterocycles. The van der Waals surface area contributed by atoms with E-state index >= 15 is 0 Å². The highest BCUT2D eigenvalue weighted by Crippen LogP contribution is 2.35. The molecule has 1 atom stereocenters. The molecule has 1 fully saturated rings. The number of nitrogens with one attached hydrogen (secondary N) is 2. The van der Waals surface area contributed by atoms with Crippen LogP contribution in [0.3, 0.4) is 0 Å². The number of rotatable bonds is 7. The molecule has 3 aromatic rings. The Morgan fingerprint density at radius 1 is 1.16 bits per heavy atom. The number of amides is 4. The second kappa shape index (κ2) is 9.94. The lowest BCUT2D eigenvalue weighted by atomic mass is 10.00. The van der Waals surface area contributed by atoms with E-state index in [0.29, 0.717) is 36.8 Å². The minimum absolute atomic E-state index is 0.126. The van der Waals surface area contributed by atoms with Gasteiger partial charge in [0.25, 0.3) is 0 Å². The minimum Gasteiger partial charge on any atom is -0.495 e. The lowest BCUT2D eigenvalue weighted by Crippen LogP contribution is -2.47. The number of carbonyl (C=O) groups excluding carboxylic acids is 3. The van der Waals surface area contributed by atoms with Crippen molar-refractivity contribution in [3.63, 3.8) is 0 Å². The Balaban J connectivity index is 1.28. The summed E-state index contributed by atoms with van der Waals surface area (Å²) < 4.78 is 5.41. The van der Waals surface area contributed by atoms with Crippen LogP contribution in [0.5, 0.6) is 5.75 Å². The number of hydrogen-bond acceptors (Lipinski definition) is 6. The second-order valence-corrected chi connectivity index (χ2v) is 9.13. The van der Waals surface area contributed by atoms with Gasteiger partial charge in [0.15, 0.2) is 5.82 Å². The number of carbonyl (C=O) groups is 3. The average Bonchev–Trinajstić information content (AvgIpc) is 3.61. The zero-order valence-corrected chi connectivity index (χ0v) is 20.7. The molecule has 4 amide bonds. The van der Waals surface area contributed by atoms with Crippen molar-refractivity contribution >= 4 is 35.0 Å². The van der Waals surface area contributed by atoms with Crippen LogP contribution in [0.25, 0.3) is 0 Å². The summed E-state index contributed by atoms with van der Waals surface area (Å²) in [6.45, 7) is 3.21. The third kappa shape index (κ3) is 4.60. The zero-order valence-electron chi connectivity index (χ0n) is 20.7. The van der Waals surface area contributed by atoms with E-state index in [1.54, 1.807) is 28.1 Å². The summed E-state index contributed by atoms with van der Waals surface area (Å²) in [7, 11) is 1.53. The number of para-hydroxylation sites is 2. The molecular weight excluding hydrogens is 474 g/mol. The minimum atomic E-state index is -0.652. The van der Waals surface area contributed by atoms with Crippen molar-refractivity contribution in [1.82, 2.24) is 15.2 Å². The number of urea groups is 1. The number of methoxy groups -OCH3 is 1. The zero-order chi connectivity index (χ0) is 26.1. The number of anilines is 3. The van der Waals surface area contributed by atoms with E-state index in [2.05, 4.69) is 15.5 Å². The molecule has 2 aliphatic heterocycles. The first-order chi connectivity index (χ1) is 17.9. The quantitative estimate of drug-likeness (QED) is 0.453. The standard InChI is InChI=1S/C26H29N7O4/c1-16(17-9-11-18(12-10-17)32-13-5-8-23(32)34)25(35)28-24-19-14-31(15-20(19)29-30-24)33(26(27)36)21-6-3-4-7-22(21)37-2/h3-4,6-7,9-12,16H,5,8,13-15H2,1-2H3,(H2,27,36)(H2,28,29,30,35). The SMILES string of the molecule is COc1ccccc1N(C(N)=O)N1Cc2[nH]nc(NC(=O)C(C)c3ccc(N4CCCC4=O)cc3)c2C1. The summed E-state index contributed by atoms with van der Waals surface area (Å²) in [6.07, 6.45) is 1.43. The number of H-pyrrole nitrogens is 1. The van der Waals surface area contributed by atoms with Crippen molar-refractivity contribution in [3.8, 4) is 5.75 Å². The maximum atomic E-state index is 13.1. The first kappa shape index (κ1) is 24.3. The van der Waals surface area contributed by atoms with Crippen molar-refractivity contribution in [1.29, 1.82) is 0 Å². The predicted octanol–water partition coefficient (Wildman–Crippen LogP) is 3.10. The molecule has 11 nitrogen and oxygen atoms in total. The number of benzene rings is 2. The molecule has 0 saturated carbocycles. The van der Waals surface area contributed by atoms with E-state index in [-0.39, 0.29) is 11.8 Å². The maximum absolute atomic E-state index is 13.1. The van der Waals surface area contributed by atoms with Crippen LogP contribution in [-0.4, -0.2) is 46.7 Å². The molecule has 3 heterocycles. The van der Waals surface area contributed by atoms with Gasteiger partial charge in [-0.15, -0.1) is 0 Å². The number of hydrazine groups is 1. The van der Waals surface area contributed by atoms with Gasteiger partial charge in [0, 0.05) is 30.8 Å². The third-order valence-electron chi connectivity index (χ3n) is 6.85. The normalized spacial score (nSPS) is 15.9. The van der Waals surface area contributed by atoms with Gasteiger partial charge in [0.2, 0.25) is 11.8 Å². The monoisotopic (exact) mass is 503 g/mol. The number of nitrogens with zero attached hydrogens (tertiary/aromatic N) is 4. The molecule has 0 spiro atoms. The molecule has 5 rings (SSSR count). The molecule has 37 heavy (non-hydrogen) atoms. The van der Waals surface area contributed by atoms with E-state index in [0.717, 1.165) is 35.5 Å². The lowest BCUT2D eigenvalue weighted by molar-refractivity contribution is -0.118. The van der Waals surface area contributed by atoms with Crippen molar-refractivity contribution < 1.29 is 19.1 Å². The van der Waals surface area contributed by atoms with Crippen molar-refractivity contribution in [2.45, 2.75) is 38.8 Å². The van der Waals surface area contributed by atoms with Crippen LogP contribution in [0.1, 0.15) is 42.5 Å². The van der Waals surface area contributed by atoms with Gasteiger partial charge in [-0.05, 0) is 43.2 Å². The number of aromatic nitrogens is 2. The summed E-state index contributed by atoms with van der Waals surface area (Å²) in [5.41, 5.74) is 9.49. The molecule has 2 aromatic carbocycles. The van der Waals surface area contributed by atoms with Gasteiger partial charge in [0.1, 0.15) is 11.4 Å². The van der Waals surface area contributed by atoms with Gasteiger partial charge in [-0.1, -0.05) is 24.3 Å². The lowest BCUT2D eigenvalue weighted by Gasteiger charge is -2.30. The smallest absolute Gasteiger partial charge is 0.334 e. The number of fused-ring (bicyclic) bond motifs is 1. The van der Waals surface area contributed by atoms with Crippen LogP contribution in [0, 0.1) is 0 Å². The average molecular weight is 504 g/mol. The van der Waals surface area contributed by atoms with Crippen LogP contribution in [0.15, 0.2) is 48.5 Å². The third-order valence-corrected chi connectivity index (χ3v) is 6.85. The Morgan fingerprint density at radius 2 is 1.92 bits per heavy atom. The highest BCUT2D eigenvalue weighted by molar-refractivity contribution is 5.97. The van der Waals surface area contributed by atoms with Gasteiger partial charge >= 0.3 is 6.03 Å². The molecule has 0 bridgehead atoms. The van der Waals surface area contributed by atoms with Crippen molar-refractivity contribution in [2.24, 2.45) is 5.73 Å². The largest absolute Gasteiger partial charge is 0.495 e.